The maximum Gasteiger partial charge on any atom is 0.0593 e. The van der Waals surface area contributed by atoms with Crippen LogP contribution in [0.4, 0.5) is 0 Å². The Morgan fingerprint density at radius 3 is 2.30 bits per heavy atom. The van der Waals surface area contributed by atoms with Crippen LogP contribution in [0.15, 0.2) is 24.3 Å². The van der Waals surface area contributed by atoms with Gasteiger partial charge in [-0.05, 0) is 0 Å². The Labute approximate surface area is 70.5 Å². The Balaban J connectivity index is 2.32. The van der Waals surface area contributed by atoms with Gasteiger partial charge in [-0.25, -0.2) is 0 Å². The van der Waals surface area contributed by atoms with Crippen molar-refractivity contribution in [2.45, 2.75) is 10.8 Å². The summed E-state index contributed by atoms with van der Waals surface area (Å²) in [6, 6.07) is 0. The van der Waals surface area contributed by atoms with E-state index in [1.54, 1.807) is 0 Å². The van der Waals surface area contributed by atoms with E-state index in [2.05, 4.69) is 18.2 Å². The van der Waals surface area contributed by atoms with Crippen molar-refractivity contribution >= 4 is 23.2 Å². The molecule has 0 saturated carbocycles. The summed E-state index contributed by atoms with van der Waals surface area (Å²) in [6.45, 7) is 0. The standard InChI is InChI=1S/C8H8Cl2/c9-7-4-2-5-1-3-6(7)8(5)10/h1-8H. The highest BCUT2D eigenvalue weighted by Crippen LogP contribution is 2.38. The van der Waals surface area contributed by atoms with Crippen molar-refractivity contribution in [1.82, 2.24) is 0 Å². The maximum absolute atomic E-state index is 6.08. The molecule has 0 fully saturated rings. The zero-order valence-electron chi connectivity index (χ0n) is 5.37. The van der Waals surface area contributed by atoms with E-state index in [1.807, 2.05) is 6.08 Å². The van der Waals surface area contributed by atoms with Gasteiger partial charge in [0.25, 0.3) is 0 Å². The fraction of sp³-hybridized carbons (Fsp3) is 0.500. The fourth-order valence-corrected chi connectivity index (χ4v) is 2.35. The van der Waals surface area contributed by atoms with Crippen molar-refractivity contribution < 1.29 is 0 Å². The summed E-state index contributed by atoms with van der Waals surface area (Å²) in [5, 5.41) is 0.310. The molecule has 0 aromatic heterocycles. The van der Waals surface area contributed by atoms with Gasteiger partial charge in [0.2, 0.25) is 0 Å². The number of fused-ring (bicyclic) bond motifs is 2. The highest BCUT2D eigenvalue weighted by Gasteiger charge is 2.35. The summed E-state index contributed by atoms with van der Waals surface area (Å²) in [5.74, 6) is 0.792. The minimum absolute atomic E-state index is 0.109. The molecule has 54 valence electrons. The minimum atomic E-state index is 0.109. The lowest BCUT2D eigenvalue weighted by atomic mass is 9.93. The van der Waals surface area contributed by atoms with Crippen molar-refractivity contribution in [1.29, 1.82) is 0 Å². The zero-order chi connectivity index (χ0) is 7.14. The van der Waals surface area contributed by atoms with Crippen LogP contribution in [0.25, 0.3) is 0 Å². The predicted molar refractivity (Wildman–Crippen MR) is 44.5 cm³/mol. The highest BCUT2D eigenvalue weighted by molar-refractivity contribution is 6.25. The van der Waals surface area contributed by atoms with E-state index in [0.717, 1.165) is 0 Å². The molecule has 0 aliphatic heterocycles. The monoisotopic (exact) mass is 174 g/mol. The second kappa shape index (κ2) is 2.28. The summed E-state index contributed by atoms with van der Waals surface area (Å²) >= 11 is 12.1. The largest absolute Gasteiger partial charge is 0.121 e. The van der Waals surface area contributed by atoms with Crippen molar-refractivity contribution in [3.63, 3.8) is 0 Å². The second-order valence-corrected chi connectivity index (χ2v) is 3.82. The lowest BCUT2D eigenvalue weighted by molar-refractivity contribution is 0.577. The molecule has 0 N–H and O–H groups in total. The van der Waals surface area contributed by atoms with Crippen molar-refractivity contribution in [2.75, 3.05) is 0 Å². The van der Waals surface area contributed by atoms with Crippen LogP contribution in [-0.2, 0) is 0 Å². The molecular weight excluding hydrogens is 167 g/mol. The average Bonchev–Trinajstić information content (AvgIpc) is 2.13. The first-order valence-electron chi connectivity index (χ1n) is 3.44. The second-order valence-electron chi connectivity index (χ2n) is 2.81. The fourth-order valence-electron chi connectivity index (χ4n) is 1.54. The number of halogens is 2. The van der Waals surface area contributed by atoms with Gasteiger partial charge in [-0.15, -0.1) is 23.2 Å². The van der Waals surface area contributed by atoms with Crippen LogP contribution in [0.1, 0.15) is 0 Å². The van der Waals surface area contributed by atoms with Crippen LogP contribution in [0, 0.1) is 11.8 Å². The number of hydrogen-bond acceptors (Lipinski definition) is 0. The number of alkyl halides is 2. The molecule has 4 atom stereocenters. The molecule has 0 aromatic carbocycles. The molecule has 0 aromatic rings. The van der Waals surface area contributed by atoms with Crippen LogP contribution in [0.5, 0.6) is 0 Å². The third-order valence-electron chi connectivity index (χ3n) is 2.18. The molecule has 0 heterocycles. The van der Waals surface area contributed by atoms with Gasteiger partial charge in [0, 0.05) is 11.8 Å². The van der Waals surface area contributed by atoms with Crippen LogP contribution in [0.2, 0.25) is 0 Å². The van der Waals surface area contributed by atoms with E-state index in [1.165, 1.54) is 0 Å². The molecule has 2 heteroatoms. The van der Waals surface area contributed by atoms with E-state index in [0.29, 0.717) is 11.8 Å². The van der Waals surface area contributed by atoms with Crippen LogP contribution in [-0.4, -0.2) is 10.8 Å². The van der Waals surface area contributed by atoms with Gasteiger partial charge in [0.05, 0.1) is 10.8 Å². The Hall–Kier alpha value is 0.0600. The first kappa shape index (κ1) is 6.75. The average molecular weight is 175 g/mol. The van der Waals surface area contributed by atoms with Crippen molar-refractivity contribution in [2.24, 2.45) is 11.8 Å². The molecule has 0 saturated heterocycles. The van der Waals surface area contributed by atoms with E-state index in [4.69, 9.17) is 23.2 Å². The lowest BCUT2D eigenvalue weighted by Gasteiger charge is -2.23. The topological polar surface area (TPSA) is 0 Å². The molecule has 0 radical (unpaired) electrons. The van der Waals surface area contributed by atoms with E-state index >= 15 is 0 Å². The molecular formula is C8H8Cl2. The van der Waals surface area contributed by atoms with Crippen molar-refractivity contribution in [3.05, 3.63) is 24.3 Å². The predicted octanol–water partition coefficient (Wildman–Crippen LogP) is 2.57. The Morgan fingerprint density at radius 1 is 0.900 bits per heavy atom. The Morgan fingerprint density at radius 2 is 1.60 bits per heavy atom. The zero-order valence-corrected chi connectivity index (χ0v) is 6.89. The molecule has 10 heavy (non-hydrogen) atoms. The van der Waals surface area contributed by atoms with Gasteiger partial charge in [-0.1, -0.05) is 24.3 Å². The number of rotatable bonds is 0. The lowest BCUT2D eigenvalue weighted by Crippen LogP contribution is -2.25. The molecule has 2 aliphatic rings. The molecule has 0 nitrogen and oxygen atoms in total. The van der Waals surface area contributed by atoms with E-state index < -0.39 is 0 Å². The third kappa shape index (κ3) is 0.826. The summed E-state index contributed by atoms with van der Waals surface area (Å²) in [5.41, 5.74) is 0. The molecule has 0 amide bonds. The smallest absolute Gasteiger partial charge is 0.0593 e. The Kier molecular flexibility index (Phi) is 1.54. The van der Waals surface area contributed by atoms with Gasteiger partial charge < -0.3 is 0 Å². The number of hydrogen-bond donors (Lipinski definition) is 0. The molecule has 2 bridgehead atoms. The minimum Gasteiger partial charge on any atom is -0.121 e. The van der Waals surface area contributed by atoms with E-state index in [-0.39, 0.29) is 10.8 Å². The van der Waals surface area contributed by atoms with Gasteiger partial charge in [-0.3, -0.25) is 0 Å². The molecule has 4 unspecified atom stereocenters. The molecule has 2 aliphatic carbocycles. The van der Waals surface area contributed by atoms with Crippen LogP contribution < -0.4 is 0 Å². The summed E-state index contributed by atoms with van der Waals surface area (Å²) in [6.07, 6.45) is 8.40. The van der Waals surface area contributed by atoms with Gasteiger partial charge in [0.1, 0.15) is 0 Å². The number of allylic oxidation sites excluding steroid dienone is 4. The molecule has 0 spiro atoms. The van der Waals surface area contributed by atoms with Crippen LogP contribution >= 0.6 is 23.2 Å². The van der Waals surface area contributed by atoms with E-state index in [9.17, 15) is 0 Å². The first-order valence-corrected chi connectivity index (χ1v) is 4.31. The van der Waals surface area contributed by atoms with Crippen LogP contribution in [0.3, 0.4) is 0 Å². The maximum atomic E-state index is 6.08. The first-order chi connectivity index (χ1) is 4.79. The van der Waals surface area contributed by atoms with Gasteiger partial charge in [-0.2, -0.15) is 0 Å². The summed E-state index contributed by atoms with van der Waals surface area (Å²) in [7, 11) is 0. The van der Waals surface area contributed by atoms with Crippen molar-refractivity contribution in [3.8, 4) is 0 Å². The quantitative estimate of drug-likeness (QED) is 0.392. The summed E-state index contributed by atoms with van der Waals surface area (Å²) in [4.78, 5) is 0. The van der Waals surface area contributed by atoms with Gasteiger partial charge >= 0.3 is 0 Å². The van der Waals surface area contributed by atoms with Gasteiger partial charge in [0.15, 0.2) is 0 Å². The normalized spacial score (nSPS) is 50.2. The highest BCUT2D eigenvalue weighted by atomic mass is 35.5. The summed E-state index contributed by atoms with van der Waals surface area (Å²) < 4.78 is 0. The Bertz CT molecular complexity index is 195. The SMILES string of the molecule is ClC1C=CC2C=CC1C2Cl. The third-order valence-corrected chi connectivity index (χ3v) is 3.19. The molecule has 2 rings (SSSR count).